The monoisotopic (exact) mass is 357 g/mol. The summed E-state index contributed by atoms with van der Waals surface area (Å²) in [6, 6.07) is 6.70. The number of aliphatic hydroxyl groups excluding tert-OH is 1. The Labute approximate surface area is 154 Å². The van der Waals surface area contributed by atoms with E-state index in [4.69, 9.17) is 4.74 Å². The van der Waals surface area contributed by atoms with Crippen LogP contribution in [0.5, 0.6) is 0 Å². The molecule has 26 heavy (non-hydrogen) atoms. The Morgan fingerprint density at radius 3 is 2.58 bits per heavy atom. The number of hydrogen-bond acceptors (Lipinski definition) is 5. The maximum Gasteiger partial charge on any atom is 0.338 e. The third-order valence-corrected chi connectivity index (χ3v) is 4.36. The van der Waals surface area contributed by atoms with Gasteiger partial charge in [-0.25, -0.2) is 4.79 Å². The van der Waals surface area contributed by atoms with Crippen LogP contribution >= 0.6 is 0 Å². The molecule has 0 heterocycles. The zero-order valence-electron chi connectivity index (χ0n) is 15.4. The quantitative estimate of drug-likeness (QED) is 0.380. The number of aliphatic hydroxyl groups is 1. The largest absolute Gasteiger partial charge is 0.512 e. The lowest BCUT2D eigenvalue weighted by molar-refractivity contribution is -0.115. The van der Waals surface area contributed by atoms with Crippen molar-refractivity contribution in [2.24, 2.45) is 4.99 Å². The van der Waals surface area contributed by atoms with Crippen LogP contribution in [0.25, 0.3) is 0 Å². The number of allylic oxidation sites excluding steroid dienone is 2. The Morgan fingerprint density at radius 1 is 1.15 bits per heavy atom. The smallest absolute Gasteiger partial charge is 0.338 e. The number of nitrogens with zero attached hydrogens (tertiary/aromatic N) is 1. The van der Waals surface area contributed by atoms with Crippen molar-refractivity contribution in [3.05, 3.63) is 41.2 Å². The van der Waals surface area contributed by atoms with Crippen LogP contribution in [0.1, 0.15) is 68.6 Å². The van der Waals surface area contributed by atoms with Crippen molar-refractivity contribution in [3.63, 3.8) is 0 Å². The van der Waals surface area contributed by atoms with E-state index in [1.54, 1.807) is 24.3 Å². The highest BCUT2D eigenvalue weighted by atomic mass is 16.5. The minimum Gasteiger partial charge on any atom is -0.512 e. The molecule has 0 spiro atoms. The second-order valence-corrected chi connectivity index (χ2v) is 6.49. The number of carbonyl (C=O) groups excluding carboxylic acids is 2. The van der Waals surface area contributed by atoms with Gasteiger partial charge < -0.3 is 9.84 Å². The number of Topliss-reactive ketones (excluding diaryl/α,β-unsaturated/α-hetero) is 1. The molecule has 1 aromatic rings. The van der Waals surface area contributed by atoms with E-state index in [9.17, 15) is 14.7 Å². The molecule has 5 heteroatoms. The molecule has 1 aliphatic rings. The molecule has 0 aliphatic heterocycles. The third kappa shape index (κ3) is 6.14. The standard InChI is InChI=1S/C21H27NO4/c1-2-3-4-5-6-14-26-21(25)16-10-12-17(13-11-16)22-15-18-19(23)8-7-9-20(18)24/h10-13,15,23H,2-9,14H2,1H3. The van der Waals surface area contributed by atoms with E-state index in [-0.39, 0.29) is 23.1 Å². The summed E-state index contributed by atoms with van der Waals surface area (Å²) in [4.78, 5) is 28.0. The fourth-order valence-corrected chi connectivity index (χ4v) is 2.77. The van der Waals surface area contributed by atoms with Crippen molar-refractivity contribution in [1.82, 2.24) is 0 Å². The summed E-state index contributed by atoms with van der Waals surface area (Å²) in [6.07, 6.45) is 8.59. The average molecular weight is 357 g/mol. The van der Waals surface area contributed by atoms with Crippen molar-refractivity contribution in [2.45, 2.75) is 58.3 Å². The van der Waals surface area contributed by atoms with Gasteiger partial charge in [0.2, 0.25) is 0 Å². The molecular weight excluding hydrogens is 330 g/mol. The van der Waals surface area contributed by atoms with Gasteiger partial charge in [-0.2, -0.15) is 0 Å². The van der Waals surface area contributed by atoms with Crippen LogP contribution in [0.3, 0.4) is 0 Å². The minimum atomic E-state index is -0.334. The zero-order valence-corrected chi connectivity index (χ0v) is 15.4. The molecule has 0 saturated carbocycles. The highest BCUT2D eigenvalue weighted by molar-refractivity contribution is 6.14. The first-order valence-electron chi connectivity index (χ1n) is 9.38. The Morgan fingerprint density at radius 2 is 1.88 bits per heavy atom. The lowest BCUT2D eigenvalue weighted by Crippen LogP contribution is -2.12. The molecule has 0 atom stereocenters. The van der Waals surface area contributed by atoms with E-state index in [0.717, 1.165) is 12.8 Å². The van der Waals surface area contributed by atoms with Crippen LogP contribution in [0, 0.1) is 0 Å². The van der Waals surface area contributed by atoms with Crippen molar-refractivity contribution in [1.29, 1.82) is 0 Å². The molecule has 0 radical (unpaired) electrons. The first-order valence-corrected chi connectivity index (χ1v) is 9.38. The van der Waals surface area contributed by atoms with E-state index in [1.807, 2.05) is 0 Å². The van der Waals surface area contributed by atoms with E-state index in [2.05, 4.69) is 11.9 Å². The molecule has 0 saturated heterocycles. The number of benzene rings is 1. The van der Waals surface area contributed by atoms with Crippen LogP contribution in [0.2, 0.25) is 0 Å². The van der Waals surface area contributed by atoms with Crippen LogP contribution < -0.4 is 0 Å². The first kappa shape index (κ1) is 19.9. The van der Waals surface area contributed by atoms with Gasteiger partial charge >= 0.3 is 5.97 Å². The van der Waals surface area contributed by atoms with Gasteiger partial charge in [-0.05, 0) is 37.1 Å². The minimum absolute atomic E-state index is 0.0864. The summed E-state index contributed by atoms with van der Waals surface area (Å²) in [5.41, 5.74) is 1.37. The number of esters is 1. The molecule has 140 valence electrons. The highest BCUT2D eigenvalue weighted by Gasteiger charge is 2.18. The molecular formula is C21H27NO4. The van der Waals surface area contributed by atoms with Gasteiger partial charge in [-0.1, -0.05) is 32.6 Å². The number of ether oxygens (including phenoxy) is 1. The summed E-state index contributed by atoms with van der Waals surface area (Å²) in [5.74, 6) is -0.320. The molecule has 0 fully saturated rings. The highest BCUT2D eigenvalue weighted by Crippen LogP contribution is 2.20. The van der Waals surface area contributed by atoms with E-state index in [1.165, 1.54) is 25.5 Å². The Hall–Kier alpha value is -2.43. The van der Waals surface area contributed by atoms with Gasteiger partial charge in [0, 0.05) is 19.1 Å². The molecule has 1 aromatic carbocycles. The molecule has 0 amide bonds. The summed E-state index contributed by atoms with van der Waals surface area (Å²) in [5, 5.41) is 9.79. The average Bonchev–Trinajstić information content (AvgIpc) is 2.64. The van der Waals surface area contributed by atoms with Crippen LogP contribution in [-0.4, -0.2) is 29.7 Å². The predicted molar refractivity (Wildman–Crippen MR) is 102 cm³/mol. The van der Waals surface area contributed by atoms with Gasteiger partial charge in [0.05, 0.1) is 23.4 Å². The molecule has 1 N–H and O–H groups in total. The number of hydrogen-bond donors (Lipinski definition) is 1. The molecule has 2 rings (SSSR count). The molecule has 1 aliphatic carbocycles. The summed E-state index contributed by atoms with van der Waals surface area (Å²) >= 11 is 0. The second kappa shape index (κ2) is 10.5. The Bertz CT molecular complexity index is 674. The van der Waals surface area contributed by atoms with Crippen LogP contribution in [-0.2, 0) is 9.53 Å². The van der Waals surface area contributed by atoms with E-state index in [0.29, 0.717) is 37.1 Å². The van der Waals surface area contributed by atoms with Crippen molar-refractivity contribution in [3.8, 4) is 0 Å². The second-order valence-electron chi connectivity index (χ2n) is 6.49. The molecule has 0 bridgehead atoms. The van der Waals surface area contributed by atoms with Crippen LogP contribution in [0.15, 0.2) is 40.6 Å². The Kier molecular flexibility index (Phi) is 8.06. The lowest BCUT2D eigenvalue weighted by atomic mass is 9.97. The maximum absolute atomic E-state index is 12.0. The number of ketones is 1. The Balaban J connectivity index is 1.85. The molecule has 5 nitrogen and oxygen atoms in total. The lowest BCUT2D eigenvalue weighted by Gasteiger charge is -2.11. The normalized spacial score (nSPS) is 14.9. The first-order chi connectivity index (χ1) is 12.6. The fourth-order valence-electron chi connectivity index (χ4n) is 2.77. The van der Waals surface area contributed by atoms with Crippen LogP contribution in [0.4, 0.5) is 5.69 Å². The SMILES string of the molecule is CCCCCCCOC(=O)c1ccc(N=CC2=C(O)CCCC2=O)cc1. The van der Waals surface area contributed by atoms with Gasteiger partial charge in [0.25, 0.3) is 0 Å². The summed E-state index contributed by atoms with van der Waals surface area (Å²) < 4.78 is 5.27. The number of unbranched alkanes of at least 4 members (excludes halogenated alkanes) is 4. The van der Waals surface area contributed by atoms with Gasteiger partial charge in [-0.15, -0.1) is 0 Å². The summed E-state index contributed by atoms with van der Waals surface area (Å²) in [6.45, 7) is 2.61. The third-order valence-electron chi connectivity index (χ3n) is 4.36. The van der Waals surface area contributed by atoms with E-state index >= 15 is 0 Å². The topological polar surface area (TPSA) is 76.0 Å². The van der Waals surface area contributed by atoms with Gasteiger partial charge in [0.1, 0.15) is 5.76 Å². The number of aliphatic imine (C=N–C) groups is 1. The van der Waals surface area contributed by atoms with Gasteiger partial charge in [0.15, 0.2) is 5.78 Å². The maximum atomic E-state index is 12.0. The number of carbonyl (C=O) groups is 2. The number of rotatable bonds is 9. The molecule has 0 unspecified atom stereocenters. The predicted octanol–water partition coefficient (Wildman–Crippen LogP) is 5.08. The zero-order chi connectivity index (χ0) is 18.8. The fraction of sp³-hybridized carbons (Fsp3) is 0.476. The van der Waals surface area contributed by atoms with Crippen molar-refractivity contribution >= 4 is 23.7 Å². The summed E-state index contributed by atoms with van der Waals surface area (Å²) in [7, 11) is 0. The van der Waals surface area contributed by atoms with Crippen molar-refractivity contribution in [2.75, 3.05) is 6.61 Å². The van der Waals surface area contributed by atoms with E-state index < -0.39 is 0 Å². The molecule has 0 aromatic heterocycles. The van der Waals surface area contributed by atoms with Gasteiger partial charge in [-0.3, -0.25) is 9.79 Å². The van der Waals surface area contributed by atoms with Crippen molar-refractivity contribution < 1.29 is 19.4 Å².